The first-order valence-corrected chi connectivity index (χ1v) is 6.97. The van der Waals surface area contributed by atoms with Crippen LogP contribution in [0, 0.1) is 0 Å². The fourth-order valence-electron chi connectivity index (χ4n) is 1.09. The number of aromatic nitrogens is 1. The van der Waals surface area contributed by atoms with Crippen molar-refractivity contribution in [3.05, 3.63) is 24.0 Å². The molecule has 0 radical (unpaired) electrons. The molecule has 1 aromatic rings. The fourth-order valence-corrected chi connectivity index (χ4v) is 1.48. The van der Waals surface area contributed by atoms with Crippen molar-refractivity contribution in [2.75, 3.05) is 25.7 Å². The van der Waals surface area contributed by atoms with Crippen molar-refractivity contribution in [2.24, 2.45) is 0 Å². The third kappa shape index (κ3) is 5.09. The smallest absolute Gasteiger partial charge is 0.150 e. The van der Waals surface area contributed by atoms with Crippen LogP contribution in [0.4, 0.5) is 0 Å². The highest BCUT2D eigenvalue weighted by Gasteiger charge is 2.02. The maximum Gasteiger partial charge on any atom is 0.150 e. The van der Waals surface area contributed by atoms with Gasteiger partial charge in [0.15, 0.2) is 9.84 Å². The summed E-state index contributed by atoms with van der Waals surface area (Å²) in [6.07, 6.45) is 2.78. The van der Waals surface area contributed by atoms with Crippen LogP contribution in [0.5, 0.6) is 5.75 Å². The van der Waals surface area contributed by atoms with Crippen LogP contribution in [0.2, 0.25) is 0 Å². The zero-order valence-electron chi connectivity index (χ0n) is 9.43. The number of hydrogen-bond acceptors (Lipinski definition) is 5. The van der Waals surface area contributed by atoms with Gasteiger partial charge in [0.1, 0.15) is 12.4 Å². The normalized spacial score (nSPS) is 11.4. The summed E-state index contributed by atoms with van der Waals surface area (Å²) in [6.45, 7) is 0.857. The van der Waals surface area contributed by atoms with E-state index in [1.165, 1.54) is 6.26 Å². The second kappa shape index (κ2) is 5.81. The lowest BCUT2D eigenvalue weighted by molar-refractivity contribution is 0.339. The lowest BCUT2D eigenvalue weighted by Gasteiger charge is -2.05. The van der Waals surface area contributed by atoms with E-state index >= 15 is 0 Å². The van der Waals surface area contributed by atoms with Crippen LogP contribution >= 0.6 is 0 Å². The van der Waals surface area contributed by atoms with Crippen molar-refractivity contribution in [3.63, 3.8) is 0 Å². The summed E-state index contributed by atoms with van der Waals surface area (Å²) in [6, 6.07) is 3.62. The van der Waals surface area contributed by atoms with Crippen molar-refractivity contribution in [1.29, 1.82) is 0 Å². The van der Waals surface area contributed by atoms with E-state index in [-0.39, 0.29) is 12.4 Å². The molecule has 1 rings (SSSR count). The molecule has 0 aromatic carbocycles. The van der Waals surface area contributed by atoms with Gasteiger partial charge < -0.3 is 10.1 Å². The molecule has 0 unspecified atom stereocenters. The minimum absolute atomic E-state index is 0.0191. The van der Waals surface area contributed by atoms with E-state index in [1.54, 1.807) is 12.3 Å². The third-order valence-electron chi connectivity index (χ3n) is 1.88. The molecule has 0 aliphatic rings. The molecule has 1 N–H and O–H groups in total. The van der Waals surface area contributed by atoms with Gasteiger partial charge in [0.2, 0.25) is 0 Å². The first-order valence-electron chi connectivity index (χ1n) is 4.91. The minimum Gasteiger partial charge on any atom is -0.491 e. The van der Waals surface area contributed by atoms with E-state index in [0.29, 0.717) is 12.3 Å². The molecule has 0 saturated carbocycles. The molecule has 0 aliphatic heterocycles. The van der Waals surface area contributed by atoms with Crippen LogP contribution in [0.1, 0.15) is 5.69 Å². The zero-order valence-corrected chi connectivity index (χ0v) is 10.3. The number of pyridine rings is 1. The Morgan fingerprint density at radius 1 is 1.44 bits per heavy atom. The second-order valence-electron chi connectivity index (χ2n) is 3.49. The average molecular weight is 244 g/mol. The summed E-state index contributed by atoms with van der Waals surface area (Å²) in [4.78, 5) is 4.15. The van der Waals surface area contributed by atoms with Gasteiger partial charge in [-0.2, -0.15) is 0 Å². The Labute approximate surface area is 95.8 Å². The van der Waals surface area contributed by atoms with Gasteiger partial charge in [0, 0.05) is 12.8 Å². The monoisotopic (exact) mass is 244 g/mol. The summed E-state index contributed by atoms with van der Waals surface area (Å²) < 4.78 is 27.0. The van der Waals surface area contributed by atoms with Crippen molar-refractivity contribution >= 4 is 9.84 Å². The second-order valence-corrected chi connectivity index (χ2v) is 5.75. The Hall–Kier alpha value is -1.14. The summed E-state index contributed by atoms with van der Waals surface area (Å²) in [7, 11) is -1.12. The topological polar surface area (TPSA) is 68.3 Å². The zero-order chi connectivity index (χ0) is 12.0. The number of ether oxygens (including phenoxy) is 1. The van der Waals surface area contributed by atoms with E-state index in [4.69, 9.17) is 4.74 Å². The van der Waals surface area contributed by atoms with E-state index in [1.807, 2.05) is 13.1 Å². The van der Waals surface area contributed by atoms with Crippen LogP contribution in [-0.4, -0.2) is 39.1 Å². The van der Waals surface area contributed by atoms with Gasteiger partial charge in [-0.1, -0.05) is 0 Å². The molecule has 0 amide bonds. The Morgan fingerprint density at radius 2 is 2.19 bits per heavy atom. The van der Waals surface area contributed by atoms with Crippen LogP contribution in [0.15, 0.2) is 18.3 Å². The molecule has 0 fully saturated rings. The van der Waals surface area contributed by atoms with Crippen molar-refractivity contribution in [3.8, 4) is 5.75 Å². The molecule has 0 atom stereocenters. The summed E-state index contributed by atoms with van der Waals surface area (Å²) >= 11 is 0. The van der Waals surface area contributed by atoms with Gasteiger partial charge in [-0.3, -0.25) is 4.98 Å². The molecule has 0 saturated heterocycles. The van der Waals surface area contributed by atoms with Gasteiger partial charge in [-0.25, -0.2) is 8.42 Å². The molecular formula is C10H16N2O3S. The molecule has 5 nitrogen and oxygen atoms in total. The van der Waals surface area contributed by atoms with Crippen LogP contribution in [-0.2, 0) is 16.4 Å². The lowest BCUT2D eigenvalue weighted by atomic mass is 10.3. The van der Waals surface area contributed by atoms with E-state index in [0.717, 1.165) is 5.69 Å². The van der Waals surface area contributed by atoms with Crippen molar-refractivity contribution < 1.29 is 13.2 Å². The maximum atomic E-state index is 10.9. The van der Waals surface area contributed by atoms with Gasteiger partial charge in [-0.15, -0.1) is 0 Å². The Kier molecular flexibility index (Phi) is 4.70. The molecule has 0 bridgehead atoms. The highest BCUT2D eigenvalue weighted by atomic mass is 32.2. The standard InChI is InChI=1S/C10H16N2O3S/c1-11-7-9-3-4-10(8-12-9)15-5-6-16(2,13)14/h3-4,8,11H,5-7H2,1-2H3. The van der Waals surface area contributed by atoms with Crippen LogP contribution in [0.3, 0.4) is 0 Å². The molecule has 0 aliphatic carbocycles. The number of nitrogens with one attached hydrogen (secondary N) is 1. The van der Waals surface area contributed by atoms with Gasteiger partial charge in [0.05, 0.1) is 17.6 Å². The fraction of sp³-hybridized carbons (Fsp3) is 0.500. The predicted molar refractivity (Wildman–Crippen MR) is 62.2 cm³/mol. The highest BCUT2D eigenvalue weighted by molar-refractivity contribution is 7.90. The first-order chi connectivity index (χ1) is 7.51. The van der Waals surface area contributed by atoms with Crippen LogP contribution in [0.25, 0.3) is 0 Å². The SMILES string of the molecule is CNCc1ccc(OCCS(C)(=O)=O)cn1. The molecule has 16 heavy (non-hydrogen) atoms. The average Bonchev–Trinajstić information content (AvgIpc) is 2.19. The number of sulfone groups is 1. The minimum atomic E-state index is -2.97. The summed E-state index contributed by atoms with van der Waals surface area (Å²) in [5, 5.41) is 2.98. The number of rotatable bonds is 6. The molecule has 1 aromatic heterocycles. The predicted octanol–water partition coefficient (Wildman–Crippen LogP) is 0.224. The van der Waals surface area contributed by atoms with Crippen molar-refractivity contribution in [2.45, 2.75) is 6.54 Å². The number of nitrogens with zero attached hydrogens (tertiary/aromatic N) is 1. The quantitative estimate of drug-likeness (QED) is 0.775. The van der Waals surface area contributed by atoms with Crippen LogP contribution < -0.4 is 10.1 Å². The molecule has 0 spiro atoms. The molecule has 6 heteroatoms. The molecular weight excluding hydrogens is 228 g/mol. The highest BCUT2D eigenvalue weighted by Crippen LogP contribution is 2.08. The Balaban J connectivity index is 2.43. The van der Waals surface area contributed by atoms with E-state index in [9.17, 15) is 8.42 Å². The maximum absolute atomic E-state index is 10.9. The summed E-state index contributed by atoms with van der Waals surface area (Å²) in [5.41, 5.74) is 0.915. The first kappa shape index (κ1) is 12.9. The Morgan fingerprint density at radius 3 is 2.69 bits per heavy atom. The lowest BCUT2D eigenvalue weighted by Crippen LogP contribution is -2.12. The third-order valence-corrected chi connectivity index (χ3v) is 2.79. The van der Waals surface area contributed by atoms with Crippen molar-refractivity contribution in [1.82, 2.24) is 10.3 Å². The molecule has 1 heterocycles. The largest absolute Gasteiger partial charge is 0.491 e. The van der Waals surface area contributed by atoms with E-state index < -0.39 is 9.84 Å². The van der Waals surface area contributed by atoms with Gasteiger partial charge in [-0.05, 0) is 19.2 Å². The Bertz CT molecular complexity index is 414. The summed E-state index contributed by atoms with van der Waals surface area (Å²) in [5.74, 6) is 0.606. The van der Waals surface area contributed by atoms with Gasteiger partial charge in [0.25, 0.3) is 0 Å². The number of hydrogen-bond donors (Lipinski definition) is 1. The van der Waals surface area contributed by atoms with Gasteiger partial charge >= 0.3 is 0 Å². The van der Waals surface area contributed by atoms with E-state index in [2.05, 4.69) is 10.3 Å². The molecule has 90 valence electrons.